The Labute approximate surface area is 193 Å². The average molecular weight is 693 g/mol. The molecule has 0 saturated heterocycles. The normalized spacial score (nSPS) is 15.5. The van der Waals surface area contributed by atoms with Crippen LogP contribution in [0.3, 0.4) is 0 Å². The summed E-state index contributed by atoms with van der Waals surface area (Å²) in [4.78, 5) is 15.5. The Bertz CT molecular complexity index is 801. The number of benzene rings is 1. The monoisotopic (exact) mass is 692 g/mol. The van der Waals surface area contributed by atoms with Gasteiger partial charge in [-0.2, -0.15) is 0 Å². The van der Waals surface area contributed by atoms with Crippen molar-refractivity contribution in [3.63, 3.8) is 0 Å². The summed E-state index contributed by atoms with van der Waals surface area (Å²) in [7, 11) is 0. The predicted octanol–water partition coefficient (Wildman–Crippen LogP) is 6.27. The molecule has 0 heterocycles. The number of hydrogen-bond acceptors (Lipinski definition) is 4. The first-order valence-corrected chi connectivity index (χ1v) is 12.2. The zero-order chi connectivity index (χ0) is 23.2. The van der Waals surface area contributed by atoms with Gasteiger partial charge >= 0.3 is 5.97 Å². The number of carboxylic acids is 1. The zero-order valence-corrected chi connectivity index (χ0v) is 22.3. The van der Waals surface area contributed by atoms with E-state index in [0.29, 0.717) is 18.9 Å². The summed E-state index contributed by atoms with van der Waals surface area (Å²) in [6, 6.07) is 6.35. The smallest absolute Gasteiger partial charge is 0.303 e. The van der Waals surface area contributed by atoms with E-state index in [0.717, 1.165) is 47.9 Å². The number of carbonyl (C=O) groups is 1. The molecular weight excluding hydrogens is 652 g/mol. The van der Waals surface area contributed by atoms with Crippen LogP contribution in [0.4, 0.5) is 0 Å². The number of allylic oxidation sites excluding steroid dienone is 2. The van der Waals surface area contributed by atoms with Crippen molar-refractivity contribution in [2.24, 2.45) is 10.7 Å². The van der Waals surface area contributed by atoms with Crippen LogP contribution in [0.5, 0.6) is 0 Å². The Morgan fingerprint density at radius 2 is 1.97 bits per heavy atom. The van der Waals surface area contributed by atoms with Gasteiger partial charge in [0, 0.05) is 30.5 Å². The maximum Gasteiger partial charge on any atom is 0.303 e. The van der Waals surface area contributed by atoms with E-state index in [9.17, 15) is 9.90 Å². The number of nitrogens with zero attached hydrogens (tertiary/aromatic N) is 1. The second-order valence-electron chi connectivity index (χ2n) is 8.74. The van der Waals surface area contributed by atoms with Crippen molar-refractivity contribution in [1.29, 1.82) is 0 Å². The first kappa shape index (κ1) is 27.6. The van der Waals surface area contributed by atoms with Gasteiger partial charge in [-0.15, -0.1) is 0 Å². The van der Waals surface area contributed by atoms with E-state index in [-0.39, 0.29) is 6.42 Å². The van der Waals surface area contributed by atoms with Crippen molar-refractivity contribution in [2.75, 3.05) is 0 Å². The van der Waals surface area contributed by atoms with E-state index in [1.165, 1.54) is 32.1 Å². The summed E-state index contributed by atoms with van der Waals surface area (Å²) in [5.41, 5.74) is 9.52. The molecule has 4 N–H and O–H groups in total. The van der Waals surface area contributed by atoms with Gasteiger partial charge in [0.05, 0.1) is 6.10 Å². The van der Waals surface area contributed by atoms with Crippen LogP contribution in [0, 0.1) is 0 Å². The Kier molecular flexibility index (Phi) is 12.9. The number of rotatable bonds is 15. The maximum absolute atomic E-state index is 10.8. The maximum atomic E-state index is 10.8. The Hall–Kier alpha value is -3.40. The molecular formula is C27H40EsN2O3. The molecule has 1 aliphatic carbocycles. The average Bonchev–Trinajstić information content (AvgIpc) is 2.74. The zero-order valence-electron chi connectivity index (χ0n) is 19.8. The molecule has 1 unspecified atom stereocenters. The van der Waals surface area contributed by atoms with E-state index < -0.39 is 12.1 Å². The van der Waals surface area contributed by atoms with Gasteiger partial charge in [0.25, 0.3) is 0 Å². The first-order chi connectivity index (χ1) is 15.5. The molecule has 33 heavy (non-hydrogen) atoms. The molecule has 1 fully saturated rings. The van der Waals surface area contributed by atoms with Crippen molar-refractivity contribution >= 4 is 23.8 Å². The summed E-state index contributed by atoms with van der Waals surface area (Å²) < 4.78 is 0. The molecule has 1 saturated carbocycles. The molecule has 1 aromatic rings. The van der Waals surface area contributed by atoms with Crippen LogP contribution < -0.4 is 5.73 Å². The number of carboxylic acid groups (broad SMARTS) is 1. The fraction of sp³-hybridized carbons (Fsp3) is 0.556. The van der Waals surface area contributed by atoms with Crippen molar-refractivity contribution in [3.8, 4) is 0 Å². The number of unbranched alkanes of at least 4 members (excludes halogenated alkanes) is 5. The summed E-state index contributed by atoms with van der Waals surface area (Å²) in [6.07, 6.45) is 18.7. The van der Waals surface area contributed by atoms with Crippen LogP contribution in [0.1, 0.15) is 107 Å². The van der Waals surface area contributed by atoms with Crippen molar-refractivity contribution in [2.45, 2.75) is 96.1 Å². The molecule has 1 radical (unpaired) electrons. The molecule has 0 aliphatic heterocycles. The number of aliphatic carboxylic acids is 1. The van der Waals surface area contributed by atoms with Crippen molar-refractivity contribution in [3.05, 3.63) is 47.2 Å². The molecule has 5 nitrogen and oxygen atoms in total. The minimum Gasteiger partial charge on any atom is -0.481 e. The number of aliphatic hydroxyl groups is 1. The standard InChI is InChI=1S/C27H40N2O3.Es/c1-2-3-4-5-6-7-8-11-22-18-21(23(19-28)20-29-24-12-9-13-24)16-17-25(22)26(30)14-10-15-27(31)32;/h8,11,16-20,24,26,30H,2-7,9-10,12-15,28H2,1H3,(H,31,32);/b11-8+,23-19+,29-20?;. The van der Waals surface area contributed by atoms with Crippen molar-refractivity contribution in [1.82, 2.24) is 0 Å². The summed E-state index contributed by atoms with van der Waals surface area (Å²) in [5.74, 6) is -0.834. The van der Waals surface area contributed by atoms with Gasteiger partial charge in [-0.3, -0.25) is 9.79 Å². The summed E-state index contributed by atoms with van der Waals surface area (Å²) in [5, 5.41) is 19.6. The largest absolute Gasteiger partial charge is 0.481 e. The van der Waals surface area contributed by atoms with Gasteiger partial charge in [-0.1, -0.05) is 56.9 Å². The van der Waals surface area contributed by atoms with E-state index in [1.807, 2.05) is 18.3 Å². The minimum absolute atomic E-state index is 0. The molecule has 1 atom stereocenters. The van der Waals surface area contributed by atoms with Crippen LogP contribution in [0.2, 0.25) is 0 Å². The second kappa shape index (κ2) is 15.4. The third-order valence-electron chi connectivity index (χ3n) is 6.10. The SMILES string of the molecule is CCCCCCC/C=C/c1cc(/C(C=NC2CCC2)=C/N)ccc1C(O)CCCC(=O)O.[Es]. The quantitative estimate of drug-likeness (QED) is 0.149. The van der Waals surface area contributed by atoms with Gasteiger partial charge in [0.2, 0.25) is 0 Å². The molecule has 0 amide bonds. The first-order valence-electron chi connectivity index (χ1n) is 12.2. The second-order valence-corrected chi connectivity index (χ2v) is 8.74. The molecule has 1 aromatic carbocycles. The molecule has 0 aromatic heterocycles. The Morgan fingerprint density at radius 3 is 2.61 bits per heavy atom. The molecule has 0 bridgehead atoms. The van der Waals surface area contributed by atoms with Crippen LogP contribution in [-0.4, -0.2) is 28.4 Å². The number of hydrogen-bond donors (Lipinski definition) is 3. The number of aliphatic imine (C=N–C) groups is 1. The summed E-state index contributed by atoms with van der Waals surface area (Å²) >= 11 is 0. The predicted molar refractivity (Wildman–Crippen MR) is 134 cm³/mol. The molecule has 2 rings (SSSR count). The van der Waals surface area contributed by atoms with Gasteiger partial charge in [-0.05, 0) is 67.7 Å². The molecule has 1 aliphatic rings. The Morgan fingerprint density at radius 1 is 1.21 bits per heavy atom. The fourth-order valence-electron chi connectivity index (χ4n) is 3.82. The number of nitrogens with two attached hydrogens (primary N) is 1. The summed E-state index contributed by atoms with van der Waals surface area (Å²) in [6.45, 7) is 2.22. The van der Waals surface area contributed by atoms with E-state index in [1.54, 1.807) is 6.20 Å². The van der Waals surface area contributed by atoms with E-state index in [4.69, 9.17) is 10.8 Å². The van der Waals surface area contributed by atoms with Gasteiger partial charge in [-0.25, -0.2) is 0 Å². The van der Waals surface area contributed by atoms with Gasteiger partial charge in [0.1, 0.15) is 0 Å². The molecule has 187 valence electrons. The van der Waals surface area contributed by atoms with Crippen molar-refractivity contribution < 1.29 is 15.0 Å². The molecule has 0 spiro atoms. The third-order valence-corrected chi connectivity index (χ3v) is 6.10. The topological polar surface area (TPSA) is 95.9 Å². The van der Waals surface area contributed by atoms with Gasteiger partial charge < -0.3 is 15.9 Å². The Balaban J connectivity index is 0.00000544. The molecule has 6 heteroatoms. The van der Waals surface area contributed by atoms with Crippen LogP contribution in [-0.2, 0) is 4.79 Å². The van der Waals surface area contributed by atoms with Crippen LogP contribution in [0.25, 0.3) is 11.6 Å². The van der Waals surface area contributed by atoms with Gasteiger partial charge in [0.15, 0.2) is 0 Å². The fourth-order valence-corrected chi connectivity index (χ4v) is 3.82. The third kappa shape index (κ3) is 9.73. The number of aliphatic hydroxyl groups excluding tert-OH is 1. The van der Waals surface area contributed by atoms with E-state index in [2.05, 4.69) is 30.1 Å². The minimum atomic E-state index is -0.834. The van der Waals surface area contributed by atoms with E-state index >= 15 is 0 Å². The van der Waals surface area contributed by atoms with Crippen LogP contribution >= 0.6 is 0 Å². The van der Waals surface area contributed by atoms with Crippen LogP contribution in [0.15, 0.2) is 35.5 Å².